The molecule has 2 aromatic rings. The molecule has 0 fully saturated rings. The Labute approximate surface area is 120 Å². The molecule has 0 spiro atoms. The fraction of sp³-hybridized carbons (Fsp3) is 0.462. The van der Waals surface area contributed by atoms with Crippen LogP contribution in [-0.4, -0.2) is 35.0 Å². The van der Waals surface area contributed by atoms with E-state index in [0.717, 1.165) is 22.4 Å². The summed E-state index contributed by atoms with van der Waals surface area (Å²) in [7, 11) is 6.60. The average Bonchev–Trinajstić information content (AvgIpc) is 2.40. The van der Waals surface area contributed by atoms with E-state index >= 15 is 0 Å². The van der Waals surface area contributed by atoms with Crippen molar-refractivity contribution in [2.45, 2.75) is 20.4 Å². The maximum atomic E-state index is 4.61. The smallest absolute Gasteiger partial charge is 0.137 e. The van der Waals surface area contributed by atoms with Crippen LogP contribution >= 0.6 is 0 Å². The van der Waals surface area contributed by atoms with E-state index in [1.165, 1.54) is 11.3 Å². The van der Waals surface area contributed by atoms with Crippen LogP contribution in [0.5, 0.6) is 0 Å². The number of halogens is 1. The Hall–Kier alpha value is -0.620. The standard InChI is InChI=1S/C13H20N3.HI/c1-10-6-7-15-12(9-16(3,4)5)11(2)14-13(15)8-10;/h6-8H,9H2,1-5H3;1H/q+1;/p-1. The third kappa shape index (κ3) is 3.19. The highest BCUT2D eigenvalue weighted by atomic mass is 127. The van der Waals surface area contributed by atoms with Crippen molar-refractivity contribution in [3.05, 3.63) is 35.3 Å². The first-order valence-electron chi connectivity index (χ1n) is 5.61. The van der Waals surface area contributed by atoms with Crippen molar-refractivity contribution in [1.29, 1.82) is 0 Å². The van der Waals surface area contributed by atoms with Crippen LogP contribution in [0, 0.1) is 13.8 Å². The molecular formula is C13H20IN3. The molecule has 2 heterocycles. The molecule has 0 radical (unpaired) electrons. The summed E-state index contributed by atoms with van der Waals surface area (Å²) in [5, 5.41) is 0. The van der Waals surface area contributed by atoms with Gasteiger partial charge in [-0.3, -0.25) is 4.40 Å². The molecule has 0 aliphatic rings. The predicted octanol–water partition coefficient (Wildman–Crippen LogP) is -0.839. The zero-order chi connectivity index (χ0) is 11.9. The highest BCUT2D eigenvalue weighted by molar-refractivity contribution is 5.45. The summed E-state index contributed by atoms with van der Waals surface area (Å²) in [6, 6.07) is 4.26. The Balaban J connectivity index is 0.00000144. The second-order valence-electron chi connectivity index (χ2n) is 5.52. The van der Waals surface area contributed by atoms with E-state index in [0.29, 0.717) is 0 Å². The molecule has 0 amide bonds. The van der Waals surface area contributed by atoms with E-state index in [9.17, 15) is 0 Å². The molecule has 2 rings (SSSR count). The van der Waals surface area contributed by atoms with Gasteiger partial charge in [0.1, 0.15) is 12.2 Å². The number of aromatic nitrogens is 2. The number of hydrogen-bond acceptors (Lipinski definition) is 1. The fourth-order valence-corrected chi connectivity index (χ4v) is 1.95. The maximum Gasteiger partial charge on any atom is 0.137 e. The first kappa shape index (κ1) is 14.4. The second kappa shape index (κ2) is 4.94. The summed E-state index contributed by atoms with van der Waals surface area (Å²) in [6.45, 7) is 5.19. The number of fused-ring (bicyclic) bond motifs is 1. The highest BCUT2D eigenvalue weighted by Crippen LogP contribution is 2.16. The number of rotatable bonds is 2. The number of quaternary nitrogens is 1. The van der Waals surface area contributed by atoms with Crippen molar-refractivity contribution in [3.8, 4) is 0 Å². The van der Waals surface area contributed by atoms with Gasteiger partial charge < -0.3 is 28.5 Å². The topological polar surface area (TPSA) is 17.3 Å². The van der Waals surface area contributed by atoms with Crippen LogP contribution in [0.1, 0.15) is 17.0 Å². The van der Waals surface area contributed by atoms with Gasteiger partial charge in [-0.1, -0.05) is 0 Å². The van der Waals surface area contributed by atoms with Crippen LogP contribution in [-0.2, 0) is 6.54 Å². The molecular weight excluding hydrogens is 325 g/mol. The second-order valence-corrected chi connectivity index (χ2v) is 5.52. The van der Waals surface area contributed by atoms with Crippen molar-refractivity contribution in [1.82, 2.24) is 9.38 Å². The molecule has 0 unspecified atom stereocenters. The van der Waals surface area contributed by atoms with E-state index in [2.05, 4.69) is 62.7 Å². The van der Waals surface area contributed by atoms with Crippen molar-refractivity contribution < 1.29 is 28.5 Å². The fourth-order valence-electron chi connectivity index (χ4n) is 1.95. The SMILES string of the molecule is Cc1ccn2c(C[N+](C)(C)C)c(C)nc2c1.[I-]. The Kier molecular flexibility index (Phi) is 4.19. The molecule has 0 N–H and O–H groups in total. The summed E-state index contributed by atoms with van der Waals surface area (Å²) < 4.78 is 3.12. The molecule has 4 heteroatoms. The molecule has 0 saturated heterocycles. The van der Waals surface area contributed by atoms with E-state index in [-0.39, 0.29) is 24.0 Å². The molecule has 0 bridgehead atoms. The molecule has 0 saturated carbocycles. The summed E-state index contributed by atoms with van der Waals surface area (Å²) in [4.78, 5) is 4.61. The van der Waals surface area contributed by atoms with Gasteiger partial charge in [-0.15, -0.1) is 0 Å². The van der Waals surface area contributed by atoms with Crippen LogP contribution < -0.4 is 24.0 Å². The number of nitrogens with zero attached hydrogens (tertiary/aromatic N) is 3. The Morgan fingerprint density at radius 3 is 2.47 bits per heavy atom. The molecule has 0 aliphatic carbocycles. The van der Waals surface area contributed by atoms with E-state index in [1.54, 1.807) is 0 Å². The lowest BCUT2D eigenvalue weighted by atomic mass is 10.3. The van der Waals surface area contributed by atoms with Crippen LogP contribution in [0.3, 0.4) is 0 Å². The quantitative estimate of drug-likeness (QED) is 0.513. The van der Waals surface area contributed by atoms with E-state index in [4.69, 9.17) is 0 Å². The van der Waals surface area contributed by atoms with Crippen LogP contribution in [0.25, 0.3) is 5.65 Å². The van der Waals surface area contributed by atoms with Crippen LogP contribution in [0.15, 0.2) is 18.3 Å². The maximum absolute atomic E-state index is 4.61. The molecule has 0 aliphatic heterocycles. The minimum Gasteiger partial charge on any atom is -1.00 e. The highest BCUT2D eigenvalue weighted by Gasteiger charge is 2.16. The monoisotopic (exact) mass is 345 g/mol. The average molecular weight is 345 g/mol. The van der Waals surface area contributed by atoms with E-state index in [1.807, 2.05) is 0 Å². The first-order chi connectivity index (χ1) is 7.37. The van der Waals surface area contributed by atoms with Crippen molar-refractivity contribution in [2.75, 3.05) is 21.1 Å². The largest absolute Gasteiger partial charge is 1.00 e. The van der Waals surface area contributed by atoms with Gasteiger partial charge in [0, 0.05) is 6.20 Å². The Morgan fingerprint density at radius 1 is 1.24 bits per heavy atom. The van der Waals surface area contributed by atoms with Gasteiger partial charge in [-0.2, -0.15) is 0 Å². The number of aryl methyl sites for hydroxylation is 2. The van der Waals surface area contributed by atoms with E-state index < -0.39 is 0 Å². The third-order valence-electron chi connectivity index (χ3n) is 2.70. The predicted molar refractivity (Wildman–Crippen MR) is 66.4 cm³/mol. The van der Waals surface area contributed by atoms with Crippen molar-refractivity contribution in [3.63, 3.8) is 0 Å². The van der Waals surface area contributed by atoms with Crippen LogP contribution in [0.4, 0.5) is 0 Å². The minimum atomic E-state index is 0. The normalized spacial score (nSPS) is 11.6. The molecule has 17 heavy (non-hydrogen) atoms. The molecule has 94 valence electrons. The van der Waals surface area contributed by atoms with Gasteiger partial charge in [0.2, 0.25) is 0 Å². The molecule has 0 atom stereocenters. The Bertz CT molecular complexity index is 523. The molecule has 3 nitrogen and oxygen atoms in total. The number of pyridine rings is 1. The summed E-state index contributed by atoms with van der Waals surface area (Å²) >= 11 is 0. The number of imidazole rings is 1. The van der Waals surface area contributed by atoms with Gasteiger partial charge in [0.05, 0.1) is 32.5 Å². The van der Waals surface area contributed by atoms with Crippen molar-refractivity contribution >= 4 is 5.65 Å². The lowest BCUT2D eigenvalue weighted by Gasteiger charge is -2.23. The molecule has 2 aromatic heterocycles. The van der Waals surface area contributed by atoms with Gasteiger partial charge in [-0.25, -0.2) is 4.98 Å². The zero-order valence-corrected chi connectivity index (χ0v) is 13.3. The van der Waals surface area contributed by atoms with Gasteiger partial charge in [0.15, 0.2) is 0 Å². The van der Waals surface area contributed by atoms with Gasteiger partial charge >= 0.3 is 0 Å². The lowest BCUT2D eigenvalue weighted by Crippen LogP contribution is -3.00. The lowest BCUT2D eigenvalue weighted by molar-refractivity contribution is -0.884. The van der Waals surface area contributed by atoms with Gasteiger partial charge in [-0.05, 0) is 31.5 Å². The number of hydrogen-bond donors (Lipinski definition) is 0. The first-order valence-corrected chi connectivity index (χ1v) is 5.61. The van der Waals surface area contributed by atoms with Crippen LogP contribution in [0.2, 0.25) is 0 Å². The summed E-state index contributed by atoms with van der Waals surface area (Å²) in [5.41, 5.74) is 4.76. The summed E-state index contributed by atoms with van der Waals surface area (Å²) in [5.74, 6) is 0. The van der Waals surface area contributed by atoms with Gasteiger partial charge in [0.25, 0.3) is 0 Å². The van der Waals surface area contributed by atoms with Crippen molar-refractivity contribution in [2.24, 2.45) is 0 Å². The minimum absolute atomic E-state index is 0. The zero-order valence-electron chi connectivity index (χ0n) is 11.2. The summed E-state index contributed by atoms with van der Waals surface area (Å²) in [6.07, 6.45) is 2.12. The third-order valence-corrected chi connectivity index (χ3v) is 2.70. The Morgan fingerprint density at radius 2 is 1.88 bits per heavy atom. The molecule has 0 aromatic carbocycles.